The molecule has 0 aromatic rings. The summed E-state index contributed by atoms with van der Waals surface area (Å²) >= 11 is 0. The van der Waals surface area contributed by atoms with Crippen LogP contribution in [0, 0.1) is 12.3 Å². The fourth-order valence-electron chi connectivity index (χ4n) is 1.54. The first-order valence-electron chi connectivity index (χ1n) is 5.68. The summed E-state index contributed by atoms with van der Waals surface area (Å²) in [5.41, 5.74) is 0. The maximum atomic E-state index is 11.9. The van der Waals surface area contributed by atoms with Gasteiger partial charge < -0.3 is 5.32 Å². The SMILES string of the molecule is C#CC(CCC)NC(C)CCCC(F)(F)F. The number of hydrogen-bond donors (Lipinski definition) is 1. The lowest BCUT2D eigenvalue weighted by Gasteiger charge is -2.19. The first-order valence-corrected chi connectivity index (χ1v) is 5.68. The molecule has 0 radical (unpaired) electrons. The van der Waals surface area contributed by atoms with E-state index in [4.69, 9.17) is 6.42 Å². The average Bonchev–Trinajstić information content (AvgIpc) is 2.15. The summed E-state index contributed by atoms with van der Waals surface area (Å²) < 4.78 is 35.7. The van der Waals surface area contributed by atoms with Crippen LogP contribution in [0.3, 0.4) is 0 Å². The zero-order chi connectivity index (χ0) is 12.6. The van der Waals surface area contributed by atoms with Crippen LogP contribution in [0.4, 0.5) is 13.2 Å². The van der Waals surface area contributed by atoms with E-state index in [1.165, 1.54) is 0 Å². The molecule has 0 aromatic carbocycles. The molecule has 0 aliphatic rings. The molecule has 0 bridgehead atoms. The van der Waals surface area contributed by atoms with Gasteiger partial charge in [-0.3, -0.25) is 0 Å². The number of terminal acetylenes is 1. The van der Waals surface area contributed by atoms with Gasteiger partial charge in [-0.15, -0.1) is 6.42 Å². The van der Waals surface area contributed by atoms with Crippen molar-refractivity contribution in [2.24, 2.45) is 0 Å². The molecule has 2 atom stereocenters. The van der Waals surface area contributed by atoms with Gasteiger partial charge in [0.25, 0.3) is 0 Å². The zero-order valence-electron chi connectivity index (χ0n) is 9.90. The predicted molar refractivity (Wildman–Crippen MR) is 60.0 cm³/mol. The van der Waals surface area contributed by atoms with Gasteiger partial charge in [0, 0.05) is 12.5 Å². The van der Waals surface area contributed by atoms with Gasteiger partial charge in [0.15, 0.2) is 0 Å². The molecule has 0 fully saturated rings. The van der Waals surface area contributed by atoms with Gasteiger partial charge in [-0.25, -0.2) is 0 Å². The van der Waals surface area contributed by atoms with Gasteiger partial charge in [0.1, 0.15) is 0 Å². The van der Waals surface area contributed by atoms with Crippen LogP contribution in [0.1, 0.15) is 46.0 Å². The van der Waals surface area contributed by atoms with Crippen molar-refractivity contribution in [1.29, 1.82) is 0 Å². The number of halogens is 3. The normalized spacial score (nSPS) is 15.5. The van der Waals surface area contributed by atoms with Crippen molar-refractivity contribution >= 4 is 0 Å². The van der Waals surface area contributed by atoms with Crippen molar-refractivity contribution in [3.05, 3.63) is 0 Å². The molecule has 0 aromatic heterocycles. The Balaban J connectivity index is 3.73. The van der Waals surface area contributed by atoms with Crippen molar-refractivity contribution < 1.29 is 13.2 Å². The maximum Gasteiger partial charge on any atom is 0.389 e. The highest BCUT2D eigenvalue weighted by atomic mass is 19.4. The Bertz CT molecular complexity index is 217. The molecule has 0 amide bonds. The second-order valence-electron chi connectivity index (χ2n) is 4.08. The van der Waals surface area contributed by atoms with Crippen LogP contribution in [-0.4, -0.2) is 18.3 Å². The lowest BCUT2D eigenvalue weighted by Crippen LogP contribution is -2.35. The van der Waals surface area contributed by atoms with Gasteiger partial charge in [0.2, 0.25) is 0 Å². The lowest BCUT2D eigenvalue weighted by molar-refractivity contribution is -0.135. The van der Waals surface area contributed by atoms with Gasteiger partial charge >= 0.3 is 6.18 Å². The predicted octanol–water partition coefficient (Wildman–Crippen LogP) is 3.50. The second kappa shape index (κ2) is 7.56. The number of nitrogens with one attached hydrogen (secondary N) is 1. The Morgan fingerprint density at radius 1 is 1.31 bits per heavy atom. The summed E-state index contributed by atoms with van der Waals surface area (Å²) in [6.07, 6.45) is 3.04. The molecule has 0 rings (SSSR count). The number of hydrogen-bond acceptors (Lipinski definition) is 1. The smallest absolute Gasteiger partial charge is 0.301 e. The molecule has 0 aliphatic heterocycles. The summed E-state index contributed by atoms with van der Waals surface area (Å²) in [7, 11) is 0. The van der Waals surface area contributed by atoms with Gasteiger partial charge in [-0.1, -0.05) is 19.3 Å². The van der Waals surface area contributed by atoms with Gasteiger partial charge in [0.05, 0.1) is 6.04 Å². The van der Waals surface area contributed by atoms with E-state index in [2.05, 4.69) is 11.2 Å². The molecule has 0 spiro atoms. The zero-order valence-corrected chi connectivity index (χ0v) is 9.90. The fraction of sp³-hybridized carbons (Fsp3) is 0.833. The summed E-state index contributed by atoms with van der Waals surface area (Å²) in [5.74, 6) is 2.61. The van der Waals surface area contributed by atoms with E-state index in [9.17, 15) is 13.2 Å². The van der Waals surface area contributed by atoms with Crippen LogP contribution in [0.5, 0.6) is 0 Å². The molecular weight excluding hydrogens is 215 g/mol. The lowest BCUT2D eigenvalue weighted by atomic mass is 10.1. The Morgan fingerprint density at radius 3 is 2.38 bits per heavy atom. The monoisotopic (exact) mass is 235 g/mol. The van der Waals surface area contributed by atoms with Crippen molar-refractivity contribution in [1.82, 2.24) is 5.32 Å². The van der Waals surface area contributed by atoms with Crippen LogP contribution in [0.2, 0.25) is 0 Å². The molecule has 94 valence electrons. The van der Waals surface area contributed by atoms with E-state index in [0.29, 0.717) is 6.42 Å². The van der Waals surface area contributed by atoms with Crippen molar-refractivity contribution in [3.63, 3.8) is 0 Å². The maximum absolute atomic E-state index is 11.9. The van der Waals surface area contributed by atoms with Crippen molar-refractivity contribution in [3.8, 4) is 12.3 Å². The van der Waals surface area contributed by atoms with E-state index < -0.39 is 12.6 Å². The Morgan fingerprint density at radius 2 is 1.94 bits per heavy atom. The van der Waals surface area contributed by atoms with E-state index >= 15 is 0 Å². The van der Waals surface area contributed by atoms with E-state index in [1.54, 1.807) is 0 Å². The highest BCUT2D eigenvalue weighted by Crippen LogP contribution is 2.22. The molecule has 16 heavy (non-hydrogen) atoms. The van der Waals surface area contributed by atoms with E-state index in [-0.39, 0.29) is 18.5 Å². The summed E-state index contributed by atoms with van der Waals surface area (Å²) in [6.45, 7) is 3.90. The Labute approximate surface area is 95.8 Å². The molecule has 1 N–H and O–H groups in total. The van der Waals surface area contributed by atoms with Gasteiger partial charge in [-0.2, -0.15) is 13.2 Å². The van der Waals surface area contributed by atoms with Crippen LogP contribution < -0.4 is 5.32 Å². The summed E-state index contributed by atoms with van der Waals surface area (Å²) in [6, 6.07) is 0.0147. The first-order chi connectivity index (χ1) is 7.39. The highest BCUT2D eigenvalue weighted by molar-refractivity contribution is 4.99. The van der Waals surface area contributed by atoms with E-state index in [0.717, 1.165) is 12.8 Å². The van der Waals surface area contributed by atoms with Crippen molar-refractivity contribution in [2.45, 2.75) is 64.2 Å². The highest BCUT2D eigenvalue weighted by Gasteiger charge is 2.26. The minimum absolute atomic E-state index is 0.0223. The third-order valence-electron chi connectivity index (χ3n) is 2.36. The third kappa shape index (κ3) is 8.60. The third-order valence-corrected chi connectivity index (χ3v) is 2.36. The largest absolute Gasteiger partial charge is 0.389 e. The quantitative estimate of drug-likeness (QED) is 0.666. The topological polar surface area (TPSA) is 12.0 Å². The summed E-state index contributed by atoms with van der Waals surface area (Å²) in [4.78, 5) is 0. The minimum Gasteiger partial charge on any atom is -0.301 e. The standard InChI is InChI=1S/C12H20F3N/c1-4-7-11(5-2)16-10(3)8-6-9-12(13,14)15/h2,10-11,16H,4,6-9H2,1,3H3. The second-order valence-corrected chi connectivity index (χ2v) is 4.08. The fourth-order valence-corrected chi connectivity index (χ4v) is 1.54. The molecule has 1 nitrogen and oxygen atoms in total. The summed E-state index contributed by atoms with van der Waals surface area (Å²) in [5, 5.41) is 3.15. The van der Waals surface area contributed by atoms with Crippen LogP contribution in [0.25, 0.3) is 0 Å². The first kappa shape index (κ1) is 15.3. The molecule has 0 saturated carbocycles. The van der Waals surface area contributed by atoms with Crippen LogP contribution >= 0.6 is 0 Å². The molecule has 4 heteroatoms. The molecule has 2 unspecified atom stereocenters. The Kier molecular flexibility index (Phi) is 7.24. The minimum atomic E-state index is -4.05. The van der Waals surface area contributed by atoms with E-state index in [1.807, 2.05) is 13.8 Å². The number of rotatable bonds is 7. The Hall–Kier alpha value is -0.690. The van der Waals surface area contributed by atoms with Crippen LogP contribution in [0.15, 0.2) is 0 Å². The molecule has 0 heterocycles. The van der Waals surface area contributed by atoms with Crippen LogP contribution in [-0.2, 0) is 0 Å². The molecular formula is C12H20F3N. The van der Waals surface area contributed by atoms with Gasteiger partial charge in [-0.05, 0) is 26.2 Å². The average molecular weight is 235 g/mol. The molecule has 0 saturated heterocycles. The van der Waals surface area contributed by atoms with Crippen molar-refractivity contribution in [2.75, 3.05) is 0 Å². The molecule has 0 aliphatic carbocycles. The number of alkyl halides is 3.